The van der Waals surface area contributed by atoms with Gasteiger partial charge in [0.15, 0.2) is 0 Å². The molecule has 0 aliphatic carbocycles. The molecule has 2 aromatic rings. The molecular formula is C18H23Cl2NOS. The highest BCUT2D eigenvalue weighted by molar-refractivity contribution is 7.07. The smallest absolute Gasteiger partial charge is 0.106 e. The molecule has 23 heavy (non-hydrogen) atoms. The van der Waals surface area contributed by atoms with Gasteiger partial charge in [0.05, 0.1) is 0 Å². The molecule has 1 atom stereocenters. The topological polar surface area (TPSA) is 20.3 Å². The highest BCUT2D eigenvalue weighted by Crippen LogP contribution is 2.24. The molecule has 1 aliphatic heterocycles. The van der Waals surface area contributed by atoms with Crippen molar-refractivity contribution in [3.63, 3.8) is 0 Å². The van der Waals surface area contributed by atoms with Crippen LogP contribution in [0, 0.1) is 12.8 Å². The first-order valence-corrected chi connectivity index (χ1v) is 9.18. The Bertz CT molecular complexity index is 574. The monoisotopic (exact) mass is 371 g/mol. The van der Waals surface area contributed by atoms with E-state index in [1.165, 1.54) is 30.6 Å². The van der Waals surface area contributed by atoms with E-state index in [1.54, 1.807) is 11.3 Å². The minimum Gasteiger partial charge on any atom is -0.307 e. The number of thiophene rings is 1. The molecule has 1 aromatic heterocycles. The number of benzene rings is 1. The lowest BCUT2D eigenvalue weighted by molar-refractivity contribution is -0.0979. The molecule has 0 radical (unpaired) electrons. The Labute approximate surface area is 153 Å². The van der Waals surface area contributed by atoms with Gasteiger partial charge in [-0.05, 0) is 65.9 Å². The maximum absolute atomic E-state index is 8.00. The van der Waals surface area contributed by atoms with E-state index in [0.29, 0.717) is 5.02 Å². The van der Waals surface area contributed by atoms with Crippen LogP contribution < -0.4 is 0 Å². The summed E-state index contributed by atoms with van der Waals surface area (Å²) in [4.78, 5) is 10.4. The second-order valence-corrected chi connectivity index (χ2v) is 7.29. The average Bonchev–Trinajstić information content (AvgIpc) is 3.16. The Morgan fingerprint density at radius 3 is 2.48 bits per heavy atom. The molecule has 1 saturated heterocycles. The van der Waals surface area contributed by atoms with Crippen molar-refractivity contribution in [2.75, 3.05) is 13.1 Å². The molecule has 0 amide bonds. The van der Waals surface area contributed by atoms with Crippen molar-refractivity contribution in [1.29, 1.82) is 0 Å². The second-order valence-electron chi connectivity index (χ2n) is 5.67. The van der Waals surface area contributed by atoms with E-state index in [2.05, 4.69) is 35.6 Å². The van der Waals surface area contributed by atoms with E-state index >= 15 is 0 Å². The Balaban J connectivity index is 0.000000276. The normalized spacial score (nSPS) is 17.0. The SMILES string of the molecule is C=O.C[C@@H]1CCN(Cc2ccc(Cl)cc2Cl)C1.Cc1ccsc1. The summed E-state index contributed by atoms with van der Waals surface area (Å²) in [7, 11) is 0. The van der Waals surface area contributed by atoms with Gasteiger partial charge in [-0.1, -0.05) is 36.2 Å². The van der Waals surface area contributed by atoms with E-state index < -0.39 is 0 Å². The van der Waals surface area contributed by atoms with Gasteiger partial charge >= 0.3 is 0 Å². The average molecular weight is 372 g/mol. The van der Waals surface area contributed by atoms with Crippen molar-refractivity contribution in [2.24, 2.45) is 5.92 Å². The highest BCUT2D eigenvalue weighted by Gasteiger charge is 2.19. The molecule has 1 fully saturated rings. The third-order valence-corrected chi connectivity index (χ3v) is 4.97. The van der Waals surface area contributed by atoms with E-state index in [0.717, 1.165) is 17.5 Å². The number of likely N-dealkylation sites (tertiary alicyclic amines) is 1. The number of carbonyl (C=O) groups excluding carboxylic acids is 1. The summed E-state index contributed by atoms with van der Waals surface area (Å²) < 4.78 is 0. The molecule has 0 N–H and O–H groups in total. The number of halogens is 2. The molecule has 2 nitrogen and oxygen atoms in total. The molecule has 126 valence electrons. The van der Waals surface area contributed by atoms with Gasteiger partial charge in [0, 0.05) is 23.1 Å². The standard InChI is InChI=1S/C12H15Cl2N.C5H6S.CH2O/c1-9-4-5-15(7-9)8-10-2-3-11(13)6-12(10)14;1-5-2-3-6-4-5;1-2/h2-3,6,9H,4-5,7-8H2,1H3;2-4H,1H3;1H2/t9-;;/m1../s1. The molecule has 2 heterocycles. The molecule has 0 spiro atoms. The zero-order valence-electron chi connectivity index (χ0n) is 13.6. The lowest BCUT2D eigenvalue weighted by Gasteiger charge is -2.16. The van der Waals surface area contributed by atoms with Gasteiger partial charge in [-0.2, -0.15) is 11.3 Å². The van der Waals surface area contributed by atoms with Crippen LogP contribution in [0.25, 0.3) is 0 Å². The zero-order chi connectivity index (χ0) is 17.2. The fraction of sp³-hybridized carbons (Fsp3) is 0.389. The van der Waals surface area contributed by atoms with Crippen LogP contribution in [-0.4, -0.2) is 24.8 Å². The second kappa shape index (κ2) is 10.8. The summed E-state index contributed by atoms with van der Waals surface area (Å²) in [6.45, 7) is 9.69. The van der Waals surface area contributed by atoms with Crippen LogP contribution in [-0.2, 0) is 11.3 Å². The fourth-order valence-corrected chi connectivity index (χ4v) is 3.53. The van der Waals surface area contributed by atoms with Gasteiger partial charge in [0.25, 0.3) is 0 Å². The minimum absolute atomic E-state index is 0.707. The van der Waals surface area contributed by atoms with Crippen LogP contribution in [0.1, 0.15) is 24.5 Å². The van der Waals surface area contributed by atoms with Gasteiger partial charge in [0.2, 0.25) is 0 Å². The first kappa shape index (κ1) is 20.2. The predicted molar refractivity (Wildman–Crippen MR) is 102 cm³/mol. The van der Waals surface area contributed by atoms with Crippen LogP contribution in [0.4, 0.5) is 0 Å². The van der Waals surface area contributed by atoms with Gasteiger partial charge in [-0.3, -0.25) is 4.90 Å². The van der Waals surface area contributed by atoms with Gasteiger partial charge < -0.3 is 4.79 Å². The van der Waals surface area contributed by atoms with Crippen LogP contribution >= 0.6 is 34.5 Å². The van der Waals surface area contributed by atoms with E-state index in [-0.39, 0.29) is 0 Å². The van der Waals surface area contributed by atoms with Gasteiger partial charge in [-0.15, -0.1) is 0 Å². The largest absolute Gasteiger partial charge is 0.307 e. The van der Waals surface area contributed by atoms with Crippen molar-refractivity contribution in [2.45, 2.75) is 26.8 Å². The molecule has 1 aromatic carbocycles. The summed E-state index contributed by atoms with van der Waals surface area (Å²) in [6, 6.07) is 7.85. The first-order valence-electron chi connectivity index (χ1n) is 7.48. The lowest BCUT2D eigenvalue weighted by atomic mass is 10.2. The van der Waals surface area contributed by atoms with Crippen molar-refractivity contribution in [1.82, 2.24) is 4.90 Å². The van der Waals surface area contributed by atoms with Crippen LogP contribution in [0.3, 0.4) is 0 Å². The van der Waals surface area contributed by atoms with Crippen molar-refractivity contribution in [3.05, 3.63) is 56.2 Å². The van der Waals surface area contributed by atoms with E-state index in [1.807, 2.05) is 25.0 Å². The summed E-state index contributed by atoms with van der Waals surface area (Å²) in [5.41, 5.74) is 2.54. The highest BCUT2D eigenvalue weighted by atomic mass is 35.5. The van der Waals surface area contributed by atoms with Gasteiger partial charge in [0.1, 0.15) is 6.79 Å². The summed E-state index contributed by atoms with van der Waals surface area (Å²) in [6.07, 6.45) is 1.30. The number of hydrogen-bond acceptors (Lipinski definition) is 3. The van der Waals surface area contributed by atoms with E-state index in [4.69, 9.17) is 28.0 Å². The number of carbonyl (C=O) groups is 1. The maximum Gasteiger partial charge on any atom is 0.106 e. The molecule has 0 bridgehead atoms. The molecule has 0 saturated carbocycles. The summed E-state index contributed by atoms with van der Waals surface area (Å²) in [5, 5.41) is 5.69. The lowest BCUT2D eigenvalue weighted by Crippen LogP contribution is -2.19. The summed E-state index contributed by atoms with van der Waals surface area (Å²) >= 11 is 13.7. The predicted octanol–water partition coefficient (Wildman–Crippen LogP) is 5.71. The fourth-order valence-electron chi connectivity index (χ4n) is 2.39. The Kier molecular flexibility index (Phi) is 9.49. The third kappa shape index (κ3) is 7.49. The van der Waals surface area contributed by atoms with Crippen LogP contribution in [0.2, 0.25) is 10.0 Å². The van der Waals surface area contributed by atoms with Gasteiger partial charge in [-0.25, -0.2) is 0 Å². The van der Waals surface area contributed by atoms with E-state index in [9.17, 15) is 0 Å². The molecule has 1 aliphatic rings. The maximum atomic E-state index is 8.00. The minimum atomic E-state index is 0.707. The van der Waals surface area contributed by atoms with Crippen molar-refractivity contribution >= 4 is 41.3 Å². The zero-order valence-corrected chi connectivity index (χ0v) is 15.9. The summed E-state index contributed by atoms with van der Waals surface area (Å²) in [5.74, 6) is 0.816. The number of rotatable bonds is 2. The number of nitrogens with zero attached hydrogens (tertiary/aromatic N) is 1. The molecule has 5 heteroatoms. The number of aryl methyl sites for hydroxylation is 1. The third-order valence-electron chi connectivity index (χ3n) is 3.58. The Morgan fingerprint density at radius 1 is 1.30 bits per heavy atom. The van der Waals surface area contributed by atoms with Crippen LogP contribution in [0.15, 0.2) is 35.0 Å². The quantitative estimate of drug-likeness (QED) is 0.673. The number of hydrogen-bond donors (Lipinski definition) is 0. The first-order chi connectivity index (χ1) is 11.0. The van der Waals surface area contributed by atoms with Crippen LogP contribution in [0.5, 0.6) is 0 Å². The molecule has 3 rings (SSSR count). The van der Waals surface area contributed by atoms with Crippen molar-refractivity contribution in [3.8, 4) is 0 Å². The van der Waals surface area contributed by atoms with Crippen molar-refractivity contribution < 1.29 is 4.79 Å². The molecular weight excluding hydrogens is 349 g/mol. The molecule has 0 unspecified atom stereocenters. The Morgan fingerprint density at radius 2 is 2.04 bits per heavy atom. The Hall–Kier alpha value is -0.870.